The third-order valence-corrected chi connectivity index (χ3v) is 5.29. The maximum absolute atomic E-state index is 12.2. The predicted octanol–water partition coefficient (Wildman–Crippen LogP) is 1.28. The van der Waals surface area contributed by atoms with Crippen LogP contribution < -0.4 is 4.90 Å². The van der Waals surface area contributed by atoms with Gasteiger partial charge in [-0.3, -0.25) is 0 Å². The van der Waals surface area contributed by atoms with Gasteiger partial charge in [-0.25, -0.2) is 14.8 Å². The zero-order valence-electron chi connectivity index (χ0n) is 14.3. The number of amides is 1. The molecule has 0 spiro atoms. The summed E-state index contributed by atoms with van der Waals surface area (Å²) in [5.74, 6) is 0.826. The predicted molar refractivity (Wildman–Crippen MR) is 90.0 cm³/mol. The Bertz CT molecular complexity index is 611. The van der Waals surface area contributed by atoms with Crippen molar-refractivity contribution in [2.75, 3.05) is 44.7 Å². The van der Waals surface area contributed by atoms with E-state index in [2.05, 4.69) is 21.8 Å². The normalized spacial score (nSPS) is 22.0. The molecule has 7 nitrogen and oxygen atoms in total. The van der Waals surface area contributed by atoms with Gasteiger partial charge in [-0.15, -0.1) is 0 Å². The quantitative estimate of drug-likeness (QED) is 0.813. The summed E-state index contributed by atoms with van der Waals surface area (Å²) in [4.78, 5) is 27.9. The number of carbonyl (C=O) groups excluding carboxylic acids is 1. The zero-order chi connectivity index (χ0) is 16.5. The minimum atomic E-state index is -0.187. The van der Waals surface area contributed by atoms with Gasteiger partial charge >= 0.3 is 6.09 Å². The molecule has 0 N–H and O–H groups in total. The zero-order valence-corrected chi connectivity index (χ0v) is 14.3. The van der Waals surface area contributed by atoms with Crippen molar-refractivity contribution in [3.8, 4) is 0 Å². The van der Waals surface area contributed by atoms with E-state index in [1.54, 1.807) is 4.90 Å². The molecule has 0 bridgehead atoms. The van der Waals surface area contributed by atoms with E-state index in [0.717, 1.165) is 62.6 Å². The van der Waals surface area contributed by atoms with E-state index in [4.69, 9.17) is 9.72 Å². The number of ether oxygens (including phenoxy) is 1. The van der Waals surface area contributed by atoms with Crippen LogP contribution in [-0.2, 0) is 17.7 Å². The van der Waals surface area contributed by atoms with E-state index in [0.29, 0.717) is 13.1 Å². The molecule has 3 aliphatic rings. The topological polar surface area (TPSA) is 61.8 Å². The second-order valence-corrected chi connectivity index (χ2v) is 7.04. The number of rotatable bonds is 2. The Morgan fingerprint density at radius 1 is 1.21 bits per heavy atom. The van der Waals surface area contributed by atoms with E-state index in [9.17, 15) is 4.79 Å². The molecule has 24 heavy (non-hydrogen) atoms. The molecule has 2 aliphatic heterocycles. The lowest BCUT2D eigenvalue weighted by atomic mass is 9.96. The van der Waals surface area contributed by atoms with Crippen LogP contribution >= 0.6 is 0 Å². The highest BCUT2D eigenvalue weighted by Gasteiger charge is 2.28. The lowest BCUT2D eigenvalue weighted by Gasteiger charge is -2.34. The van der Waals surface area contributed by atoms with Crippen LogP contribution in [0.5, 0.6) is 0 Å². The van der Waals surface area contributed by atoms with Crippen molar-refractivity contribution >= 4 is 12.0 Å². The Balaban J connectivity index is 1.40. The second-order valence-electron chi connectivity index (χ2n) is 7.04. The van der Waals surface area contributed by atoms with Crippen LogP contribution in [0.2, 0.25) is 0 Å². The van der Waals surface area contributed by atoms with Crippen molar-refractivity contribution < 1.29 is 9.53 Å². The van der Waals surface area contributed by atoms with Gasteiger partial charge in [0.05, 0.1) is 12.2 Å². The molecule has 7 heteroatoms. The van der Waals surface area contributed by atoms with Crippen LogP contribution in [0.4, 0.5) is 10.7 Å². The highest BCUT2D eigenvalue weighted by molar-refractivity contribution is 5.68. The molecule has 1 aromatic heterocycles. The van der Waals surface area contributed by atoms with Crippen molar-refractivity contribution in [1.29, 1.82) is 0 Å². The molecule has 0 unspecified atom stereocenters. The molecule has 1 saturated carbocycles. The lowest BCUT2D eigenvalue weighted by Crippen LogP contribution is -2.45. The van der Waals surface area contributed by atoms with Crippen LogP contribution in [0.25, 0.3) is 0 Å². The molecule has 130 valence electrons. The molecule has 0 radical (unpaired) electrons. The highest BCUT2D eigenvalue weighted by atomic mass is 16.6. The first-order valence-corrected chi connectivity index (χ1v) is 8.93. The summed E-state index contributed by atoms with van der Waals surface area (Å²) in [6, 6.07) is 0. The van der Waals surface area contributed by atoms with E-state index in [1.165, 1.54) is 6.42 Å². The Labute approximate surface area is 142 Å². The van der Waals surface area contributed by atoms with Gasteiger partial charge in [-0.2, -0.15) is 0 Å². The summed E-state index contributed by atoms with van der Waals surface area (Å²) >= 11 is 0. The number of hydrogen-bond acceptors (Lipinski definition) is 6. The van der Waals surface area contributed by atoms with Crippen LogP contribution in [0.3, 0.4) is 0 Å². The highest BCUT2D eigenvalue weighted by Crippen LogP contribution is 2.25. The molecule has 1 aromatic rings. The Hall–Kier alpha value is -1.89. The lowest BCUT2D eigenvalue weighted by molar-refractivity contribution is 0.0242. The Kier molecular flexibility index (Phi) is 4.26. The number of nitrogens with zero attached hydrogens (tertiary/aromatic N) is 5. The molecule has 1 aliphatic carbocycles. The smallest absolute Gasteiger partial charge is 0.410 e. The number of likely N-dealkylation sites (N-methyl/N-ethyl adjacent to an activating group) is 1. The van der Waals surface area contributed by atoms with Crippen molar-refractivity contribution in [3.63, 3.8) is 0 Å². The monoisotopic (exact) mass is 331 g/mol. The fraction of sp³-hybridized carbons (Fsp3) is 0.706. The number of piperazine rings is 1. The molecule has 0 atom stereocenters. The minimum absolute atomic E-state index is 0.134. The molecule has 2 fully saturated rings. The van der Waals surface area contributed by atoms with E-state index in [1.807, 2.05) is 6.20 Å². The third kappa shape index (κ3) is 3.17. The first kappa shape index (κ1) is 15.6. The summed E-state index contributed by atoms with van der Waals surface area (Å²) in [6.07, 6.45) is 5.80. The van der Waals surface area contributed by atoms with Crippen molar-refractivity contribution in [2.24, 2.45) is 0 Å². The van der Waals surface area contributed by atoms with Crippen molar-refractivity contribution in [2.45, 2.75) is 38.3 Å². The summed E-state index contributed by atoms with van der Waals surface area (Å²) < 4.78 is 5.50. The molecule has 3 heterocycles. The van der Waals surface area contributed by atoms with Crippen LogP contribution in [-0.4, -0.2) is 71.7 Å². The van der Waals surface area contributed by atoms with Crippen LogP contribution in [0, 0.1) is 0 Å². The summed E-state index contributed by atoms with van der Waals surface area (Å²) in [5.41, 5.74) is 2.12. The number of fused-ring (bicyclic) bond motifs is 1. The fourth-order valence-electron chi connectivity index (χ4n) is 3.33. The molecule has 0 aromatic carbocycles. The molecule has 1 saturated heterocycles. The average Bonchev–Trinajstić information content (AvgIpc) is 2.57. The third-order valence-electron chi connectivity index (χ3n) is 5.29. The first-order valence-electron chi connectivity index (χ1n) is 8.93. The van der Waals surface area contributed by atoms with E-state index < -0.39 is 0 Å². The maximum atomic E-state index is 12.2. The van der Waals surface area contributed by atoms with Gasteiger partial charge < -0.3 is 19.4 Å². The average molecular weight is 331 g/mol. The van der Waals surface area contributed by atoms with Gasteiger partial charge in [0.2, 0.25) is 5.95 Å². The Morgan fingerprint density at radius 3 is 2.71 bits per heavy atom. The van der Waals surface area contributed by atoms with Crippen LogP contribution in [0.1, 0.15) is 30.5 Å². The standard InChI is InChI=1S/C17H25N5O2/c1-20-7-9-21(10-8-20)16-18-11-13-12-22(6-5-15(13)19-16)17(23)24-14-3-2-4-14/h11,14H,2-10,12H2,1H3. The largest absolute Gasteiger partial charge is 0.446 e. The first-order chi connectivity index (χ1) is 11.7. The summed E-state index contributed by atoms with van der Waals surface area (Å²) in [7, 11) is 2.14. The van der Waals surface area contributed by atoms with Gasteiger partial charge in [-0.05, 0) is 26.3 Å². The molecule has 4 rings (SSSR count). The molecule has 1 amide bonds. The van der Waals surface area contributed by atoms with Crippen molar-refractivity contribution in [3.05, 3.63) is 17.5 Å². The minimum Gasteiger partial charge on any atom is -0.446 e. The van der Waals surface area contributed by atoms with E-state index in [-0.39, 0.29) is 12.2 Å². The number of aromatic nitrogens is 2. The van der Waals surface area contributed by atoms with Gasteiger partial charge in [0.25, 0.3) is 0 Å². The Morgan fingerprint density at radius 2 is 2.00 bits per heavy atom. The summed E-state index contributed by atoms with van der Waals surface area (Å²) in [5, 5.41) is 0. The molecular formula is C17H25N5O2. The SMILES string of the molecule is CN1CCN(c2ncc3c(n2)CCN(C(=O)OC2CCC2)C3)CC1. The number of anilines is 1. The van der Waals surface area contributed by atoms with Crippen molar-refractivity contribution in [1.82, 2.24) is 19.8 Å². The summed E-state index contributed by atoms with van der Waals surface area (Å²) in [6.45, 7) is 5.26. The van der Waals surface area contributed by atoms with Gasteiger partial charge in [-0.1, -0.05) is 0 Å². The van der Waals surface area contributed by atoms with Crippen LogP contribution in [0.15, 0.2) is 6.20 Å². The van der Waals surface area contributed by atoms with Gasteiger partial charge in [0, 0.05) is 50.9 Å². The second kappa shape index (κ2) is 6.55. The van der Waals surface area contributed by atoms with Gasteiger partial charge in [0.15, 0.2) is 0 Å². The van der Waals surface area contributed by atoms with E-state index >= 15 is 0 Å². The maximum Gasteiger partial charge on any atom is 0.410 e. The fourth-order valence-corrected chi connectivity index (χ4v) is 3.33. The number of carbonyl (C=O) groups is 1. The molecular weight excluding hydrogens is 306 g/mol. The number of hydrogen-bond donors (Lipinski definition) is 0. The van der Waals surface area contributed by atoms with Gasteiger partial charge in [0.1, 0.15) is 6.10 Å².